The molecule has 2 aromatic carbocycles. The van der Waals surface area contributed by atoms with Crippen LogP contribution in [-0.4, -0.2) is 19.2 Å². The normalized spacial score (nSPS) is 14.0. The molecule has 7 nitrogen and oxygen atoms in total. The molecule has 0 bridgehead atoms. The van der Waals surface area contributed by atoms with E-state index in [0.29, 0.717) is 22.7 Å². The van der Waals surface area contributed by atoms with Gasteiger partial charge >= 0.3 is 11.7 Å². The van der Waals surface area contributed by atoms with Crippen molar-refractivity contribution in [2.75, 3.05) is 23.1 Å². The second kappa shape index (κ2) is 8.26. The minimum atomic E-state index is -0.589. The molecule has 3 aromatic rings. The molecule has 1 heterocycles. The van der Waals surface area contributed by atoms with Crippen LogP contribution < -0.4 is 26.3 Å². The maximum absolute atomic E-state index is 12.6. The Morgan fingerprint density at radius 2 is 1.72 bits per heavy atom. The second-order valence-corrected chi connectivity index (χ2v) is 7.07. The minimum Gasteiger partial charge on any atom is -0.497 e. The summed E-state index contributed by atoms with van der Waals surface area (Å²) in [5.41, 5.74) is 1.20. The van der Waals surface area contributed by atoms with E-state index in [-0.39, 0.29) is 11.7 Å². The zero-order valence-electron chi connectivity index (χ0n) is 16.2. The molecule has 1 aromatic heterocycles. The third kappa shape index (κ3) is 4.18. The van der Waals surface area contributed by atoms with E-state index in [0.717, 1.165) is 31.1 Å². The van der Waals surface area contributed by atoms with E-state index in [1.165, 1.54) is 0 Å². The fourth-order valence-corrected chi connectivity index (χ4v) is 3.64. The van der Waals surface area contributed by atoms with Crippen LogP contribution in [0.1, 0.15) is 25.7 Å². The fraction of sp³-hybridized carbons (Fsp3) is 0.273. The topological polar surface area (TPSA) is 92.6 Å². The number of hydrogen-bond donors (Lipinski definition) is 3. The number of benzene rings is 2. The predicted octanol–water partition coefficient (Wildman–Crippen LogP) is 4.80. The second-order valence-electron chi connectivity index (χ2n) is 7.07. The van der Waals surface area contributed by atoms with E-state index < -0.39 is 11.7 Å². The summed E-state index contributed by atoms with van der Waals surface area (Å²) < 4.78 is 10.5. The first-order valence-corrected chi connectivity index (χ1v) is 9.68. The van der Waals surface area contributed by atoms with Gasteiger partial charge < -0.3 is 19.8 Å². The highest BCUT2D eigenvalue weighted by atomic mass is 16.5. The molecule has 1 aliphatic rings. The number of carbonyl (C=O) groups excluding carboxylic acids is 1. The largest absolute Gasteiger partial charge is 0.497 e. The Morgan fingerprint density at radius 3 is 2.45 bits per heavy atom. The molecule has 7 heteroatoms. The van der Waals surface area contributed by atoms with Gasteiger partial charge in [0.1, 0.15) is 11.3 Å². The standard InChI is InChI=1S/C22H23N3O4/c1-28-16-12-10-15(11-13-16)24-22(27)25-20-19(23-14-6-2-3-7-14)17-8-4-5-9-18(17)29-21(20)26/h4-5,8-14,23H,2-3,6-7H2,1H3,(H2,24,25,27). The average Bonchev–Trinajstić information content (AvgIpc) is 3.24. The molecule has 0 radical (unpaired) electrons. The van der Waals surface area contributed by atoms with E-state index in [9.17, 15) is 9.59 Å². The molecule has 1 saturated carbocycles. The molecule has 1 fully saturated rings. The van der Waals surface area contributed by atoms with E-state index in [1.54, 1.807) is 37.4 Å². The Morgan fingerprint density at radius 1 is 1.00 bits per heavy atom. The lowest BCUT2D eigenvalue weighted by molar-refractivity contribution is 0.262. The minimum absolute atomic E-state index is 0.113. The number of hydrogen-bond acceptors (Lipinski definition) is 5. The van der Waals surface area contributed by atoms with Crippen LogP contribution in [-0.2, 0) is 0 Å². The van der Waals surface area contributed by atoms with Crippen molar-refractivity contribution in [1.82, 2.24) is 0 Å². The number of amides is 2. The van der Waals surface area contributed by atoms with Crippen molar-refractivity contribution in [3.8, 4) is 5.75 Å². The Bertz CT molecular complexity index is 1070. The maximum Gasteiger partial charge on any atom is 0.362 e. The Balaban J connectivity index is 1.63. The number of rotatable bonds is 5. The summed E-state index contributed by atoms with van der Waals surface area (Å²) in [5, 5.41) is 9.62. The number of para-hydroxylation sites is 1. The van der Waals surface area contributed by atoms with Gasteiger partial charge in [0.2, 0.25) is 0 Å². The number of carbonyl (C=O) groups is 1. The third-order valence-corrected chi connectivity index (χ3v) is 5.10. The molecule has 0 atom stereocenters. The van der Waals surface area contributed by atoms with Crippen molar-refractivity contribution >= 4 is 34.1 Å². The fourth-order valence-electron chi connectivity index (χ4n) is 3.64. The van der Waals surface area contributed by atoms with E-state index in [4.69, 9.17) is 9.15 Å². The van der Waals surface area contributed by atoms with Gasteiger partial charge in [-0.15, -0.1) is 0 Å². The molecule has 3 N–H and O–H groups in total. The van der Waals surface area contributed by atoms with Crippen molar-refractivity contribution in [3.05, 3.63) is 59.0 Å². The van der Waals surface area contributed by atoms with Crippen LogP contribution in [0.15, 0.2) is 57.7 Å². The molecule has 29 heavy (non-hydrogen) atoms. The number of ether oxygens (including phenoxy) is 1. The molecule has 2 amide bonds. The van der Waals surface area contributed by atoms with Crippen LogP contribution >= 0.6 is 0 Å². The van der Waals surface area contributed by atoms with Gasteiger partial charge in [-0.2, -0.15) is 0 Å². The lowest BCUT2D eigenvalue weighted by Gasteiger charge is -2.18. The highest BCUT2D eigenvalue weighted by Gasteiger charge is 2.21. The Labute approximate surface area is 168 Å². The molecule has 0 spiro atoms. The first kappa shape index (κ1) is 18.9. The first-order valence-electron chi connectivity index (χ1n) is 9.68. The van der Waals surface area contributed by atoms with Crippen LogP contribution in [0.2, 0.25) is 0 Å². The number of anilines is 3. The van der Waals surface area contributed by atoms with Crippen LogP contribution in [0.25, 0.3) is 11.0 Å². The van der Waals surface area contributed by atoms with Crippen molar-refractivity contribution < 1.29 is 13.9 Å². The van der Waals surface area contributed by atoms with Crippen LogP contribution in [0.3, 0.4) is 0 Å². The summed E-state index contributed by atoms with van der Waals surface area (Å²) in [6.45, 7) is 0. The predicted molar refractivity (Wildman–Crippen MR) is 114 cm³/mol. The van der Waals surface area contributed by atoms with Gasteiger partial charge in [-0.25, -0.2) is 9.59 Å². The Hall–Kier alpha value is -3.48. The summed E-state index contributed by atoms with van der Waals surface area (Å²) in [6, 6.07) is 14.0. The average molecular weight is 393 g/mol. The quantitative estimate of drug-likeness (QED) is 0.542. The molecule has 1 aliphatic carbocycles. The van der Waals surface area contributed by atoms with Gasteiger partial charge in [-0.1, -0.05) is 25.0 Å². The molecule has 0 saturated heterocycles. The van der Waals surface area contributed by atoms with Crippen molar-refractivity contribution in [2.45, 2.75) is 31.7 Å². The summed E-state index contributed by atoms with van der Waals surface area (Å²) in [5.74, 6) is 0.689. The molecule has 0 unspecified atom stereocenters. The van der Waals surface area contributed by atoms with Crippen LogP contribution in [0, 0.1) is 0 Å². The highest BCUT2D eigenvalue weighted by molar-refractivity contribution is 6.05. The summed E-state index contributed by atoms with van der Waals surface area (Å²) in [6.07, 6.45) is 4.37. The van der Waals surface area contributed by atoms with Crippen molar-refractivity contribution in [1.29, 1.82) is 0 Å². The smallest absolute Gasteiger partial charge is 0.362 e. The zero-order valence-corrected chi connectivity index (χ0v) is 16.2. The molecular weight excluding hydrogens is 370 g/mol. The van der Waals surface area contributed by atoms with Gasteiger partial charge in [0.05, 0.1) is 12.8 Å². The van der Waals surface area contributed by atoms with Gasteiger partial charge in [0.15, 0.2) is 5.69 Å². The summed E-state index contributed by atoms with van der Waals surface area (Å²) >= 11 is 0. The molecule has 4 rings (SSSR count). The lowest BCUT2D eigenvalue weighted by atomic mass is 10.1. The number of methoxy groups -OCH3 is 1. The van der Waals surface area contributed by atoms with Gasteiger partial charge in [0.25, 0.3) is 0 Å². The van der Waals surface area contributed by atoms with E-state index in [2.05, 4.69) is 16.0 Å². The van der Waals surface area contributed by atoms with Crippen molar-refractivity contribution in [3.63, 3.8) is 0 Å². The number of urea groups is 1. The van der Waals surface area contributed by atoms with E-state index in [1.807, 2.05) is 18.2 Å². The number of fused-ring (bicyclic) bond motifs is 1. The number of nitrogens with one attached hydrogen (secondary N) is 3. The molecular formula is C22H23N3O4. The van der Waals surface area contributed by atoms with Crippen LogP contribution in [0.5, 0.6) is 5.75 Å². The highest BCUT2D eigenvalue weighted by Crippen LogP contribution is 2.32. The zero-order chi connectivity index (χ0) is 20.2. The lowest BCUT2D eigenvalue weighted by Crippen LogP contribution is -2.26. The molecule has 0 aliphatic heterocycles. The molecule has 150 valence electrons. The SMILES string of the molecule is COc1ccc(NC(=O)Nc2c(NC3CCCC3)c3ccccc3oc2=O)cc1. The summed E-state index contributed by atoms with van der Waals surface area (Å²) in [4.78, 5) is 25.2. The van der Waals surface area contributed by atoms with Gasteiger partial charge in [-0.05, 0) is 49.2 Å². The van der Waals surface area contributed by atoms with Gasteiger partial charge in [-0.3, -0.25) is 5.32 Å². The van der Waals surface area contributed by atoms with Gasteiger partial charge in [0, 0.05) is 17.1 Å². The first-order chi connectivity index (χ1) is 14.1. The maximum atomic E-state index is 12.6. The third-order valence-electron chi connectivity index (χ3n) is 5.10. The monoisotopic (exact) mass is 393 g/mol. The van der Waals surface area contributed by atoms with Crippen molar-refractivity contribution in [2.24, 2.45) is 0 Å². The van der Waals surface area contributed by atoms with Crippen LogP contribution in [0.4, 0.5) is 21.9 Å². The summed E-state index contributed by atoms with van der Waals surface area (Å²) in [7, 11) is 1.58. The Kier molecular flexibility index (Phi) is 5.37. The van der Waals surface area contributed by atoms with E-state index >= 15 is 0 Å².